The fourth-order valence-corrected chi connectivity index (χ4v) is 3.62. The largest absolute Gasteiger partial charge is 0.416 e. The molecule has 152 valence electrons. The van der Waals surface area contributed by atoms with Crippen LogP contribution in [0.15, 0.2) is 41.3 Å². The lowest BCUT2D eigenvalue weighted by Gasteiger charge is -2.15. The molecule has 0 atom stereocenters. The minimum atomic E-state index is -4.61. The second-order valence-electron chi connectivity index (χ2n) is 6.25. The van der Waals surface area contributed by atoms with E-state index >= 15 is 0 Å². The summed E-state index contributed by atoms with van der Waals surface area (Å²) in [5, 5.41) is 7.50. The number of hydrogen-bond acceptors (Lipinski definition) is 4. The Labute approximate surface area is 168 Å². The zero-order chi connectivity index (χ0) is 21.2. The lowest BCUT2D eigenvalue weighted by atomic mass is 10.1. The van der Waals surface area contributed by atoms with E-state index in [2.05, 4.69) is 16.0 Å². The third-order valence-electron chi connectivity index (χ3n) is 4.01. The summed E-state index contributed by atoms with van der Waals surface area (Å²) in [6, 6.07) is 7.30. The standard InChI is InChI=1S/C19H16F3N3O3S/c1-10(26)23-13-4-3-12(19(20,21)22)9-14(13)25-18(28)11-2-5-16-15(8-11)24-17(27)6-7-29-16/h2-5,8-9H,6-7H2,1H3,(H,23,26)(H,24,27)(H,25,28). The van der Waals surface area contributed by atoms with Gasteiger partial charge in [0.2, 0.25) is 11.8 Å². The van der Waals surface area contributed by atoms with Crippen LogP contribution in [0.2, 0.25) is 0 Å². The van der Waals surface area contributed by atoms with Crippen molar-refractivity contribution < 1.29 is 27.6 Å². The Kier molecular flexibility index (Phi) is 5.83. The molecule has 0 fully saturated rings. The van der Waals surface area contributed by atoms with Gasteiger partial charge in [0.15, 0.2) is 0 Å². The number of thioether (sulfide) groups is 1. The van der Waals surface area contributed by atoms with E-state index in [1.54, 1.807) is 6.07 Å². The Morgan fingerprint density at radius 3 is 2.52 bits per heavy atom. The molecule has 0 unspecified atom stereocenters. The van der Waals surface area contributed by atoms with Crippen molar-refractivity contribution in [2.24, 2.45) is 0 Å². The van der Waals surface area contributed by atoms with Gasteiger partial charge < -0.3 is 16.0 Å². The normalized spacial score (nSPS) is 13.7. The van der Waals surface area contributed by atoms with Gasteiger partial charge in [0.1, 0.15) is 0 Å². The Hall–Kier alpha value is -3.01. The summed E-state index contributed by atoms with van der Waals surface area (Å²) in [5.74, 6) is -0.749. The Morgan fingerprint density at radius 1 is 1.07 bits per heavy atom. The number of hydrogen-bond donors (Lipinski definition) is 3. The molecule has 2 aromatic carbocycles. The molecule has 29 heavy (non-hydrogen) atoms. The molecule has 0 spiro atoms. The van der Waals surface area contributed by atoms with E-state index in [-0.39, 0.29) is 22.8 Å². The molecule has 3 amide bonds. The quantitative estimate of drug-likeness (QED) is 0.685. The highest BCUT2D eigenvalue weighted by Gasteiger charge is 2.31. The Bertz CT molecular complexity index is 992. The van der Waals surface area contributed by atoms with Gasteiger partial charge in [0.25, 0.3) is 5.91 Å². The molecule has 6 nitrogen and oxygen atoms in total. The van der Waals surface area contributed by atoms with Crippen LogP contribution < -0.4 is 16.0 Å². The number of alkyl halides is 3. The molecule has 0 bridgehead atoms. The van der Waals surface area contributed by atoms with E-state index in [1.165, 1.54) is 30.8 Å². The maximum atomic E-state index is 13.0. The van der Waals surface area contributed by atoms with Crippen LogP contribution in [-0.2, 0) is 15.8 Å². The van der Waals surface area contributed by atoms with Crippen LogP contribution in [-0.4, -0.2) is 23.5 Å². The molecule has 3 N–H and O–H groups in total. The first-order valence-corrected chi connectivity index (χ1v) is 9.49. The maximum Gasteiger partial charge on any atom is 0.416 e. The van der Waals surface area contributed by atoms with Crippen molar-refractivity contribution in [2.75, 3.05) is 21.7 Å². The number of rotatable bonds is 3. The summed E-state index contributed by atoms with van der Waals surface area (Å²) in [5.41, 5.74) is -0.493. The predicted molar refractivity (Wildman–Crippen MR) is 104 cm³/mol. The predicted octanol–water partition coefficient (Wildman–Crippen LogP) is 4.35. The van der Waals surface area contributed by atoms with Crippen molar-refractivity contribution in [1.82, 2.24) is 0 Å². The second-order valence-corrected chi connectivity index (χ2v) is 7.39. The topological polar surface area (TPSA) is 87.3 Å². The number of carbonyl (C=O) groups is 3. The fourth-order valence-electron chi connectivity index (χ4n) is 2.68. The molecule has 0 radical (unpaired) electrons. The van der Waals surface area contributed by atoms with Gasteiger partial charge in [0, 0.05) is 29.6 Å². The first-order valence-electron chi connectivity index (χ1n) is 8.50. The van der Waals surface area contributed by atoms with Gasteiger partial charge in [-0.3, -0.25) is 14.4 Å². The zero-order valence-corrected chi connectivity index (χ0v) is 16.0. The molecular formula is C19H16F3N3O3S. The SMILES string of the molecule is CC(=O)Nc1ccc(C(F)(F)F)cc1NC(=O)c1ccc2c(c1)NC(=O)CCS2. The number of carbonyl (C=O) groups excluding carboxylic acids is 3. The van der Waals surface area contributed by atoms with Crippen molar-refractivity contribution in [3.63, 3.8) is 0 Å². The molecule has 2 aromatic rings. The van der Waals surface area contributed by atoms with Gasteiger partial charge in [-0.2, -0.15) is 13.2 Å². The molecule has 3 rings (SSSR count). The van der Waals surface area contributed by atoms with Crippen molar-refractivity contribution >= 4 is 46.5 Å². The van der Waals surface area contributed by atoms with Crippen LogP contribution in [0.5, 0.6) is 0 Å². The van der Waals surface area contributed by atoms with Crippen molar-refractivity contribution in [3.8, 4) is 0 Å². The van der Waals surface area contributed by atoms with E-state index < -0.39 is 23.6 Å². The highest BCUT2D eigenvalue weighted by molar-refractivity contribution is 7.99. The average molecular weight is 423 g/mol. The average Bonchev–Trinajstić information content (AvgIpc) is 2.81. The van der Waals surface area contributed by atoms with Crippen LogP contribution in [0, 0.1) is 0 Å². The smallest absolute Gasteiger partial charge is 0.325 e. The van der Waals surface area contributed by atoms with Crippen LogP contribution in [0.3, 0.4) is 0 Å². The molecule has 0 saturated heterocycles. The van der Waals surface area contributed by atoms with Gasteiger partial charge >= 0.3 is 6.18 Å². The summed E-state index contributed by atoms with van der Waals surface area (Å²) in [6.07, 6.45) is -4.27. The fraction of sp³-hybridized carbons (Fsp3) is 0.211. The monoisotopic (exact) mass is 423 g/mol. The first-order chi connectivity index (χ1) is 13.6. The summed E-state index contributed by atoms with van der Waals surface area (Å²) in [4.78, 5) is 36.5. The van der Waals surface area contributed by atoms with Crippen molar-refractivity contribution in [2.45, 2.75) is 24.4 Å². The third kappa shape index (κ3) is 5.08. The van der Waals surface area contributed by atoms with E-state index in [1.807, 2.05) is 0 Å². The molecule has 10 heteroatoms. The van der Waals surface area contributed by atoms with E-state index in [9.17, 15) is 27.6 Å². The lowest BCUT2D eigenvalue weighted by molar-refractivity contribution is -0.137. The Morgan fingerprint density at radius 2 is 1.83 bits per heavy atom. The van der Waals surface area contributed by atoms with Crippen LogP contribution in [0.25, 0.3) is 0 Å². The minimum absolute atomic E-state index is 0.0393. The summed E-state index contributed by atoms with van der Waals surface area (Å²) in [6.45, 7) is 1.20. The van der Waals surface area contributed by atoms with Crippen LogP contribution in [0.4, 0.5) is 30.2 Å². The van der Waals surface area contributed by atoms with Crippen LogP contribution >= 0.6 is 11.8 Å². The molecule has 0 aromatic heterocycles. The van der Waals surface area contributed by atoms with Crippen molar-refractivity contribution in [3.05, 3.63) is 47.5 Å². The van der Waals surface area contributed by atoms with Gasteiger partial charge in [-0.05, 0) is 36.4 Å². The molecule has 1 heterocycles. The van der Waals surface area contributed by atoms with Crippen LogP contribution in [0.1, 0.15) is 29.3 Å². The lowest BCUT2D eigenvalue weighted by Crippen LogP contribution is -2.17. The number of halogens is 3. The molecular weight excluding hydrogens is 407 g/mol. The number of fused-ring (bicyclic) bond motifs is 1. The third-order valence-corrected chi connectivity index (χ3v) is 5.08. The van der Waals surface area contributed by atoms with E-state index in [0.717, 1.165) is 23.1 Å². The molecule has 1 aliphatic heterocycles. The zero-order valence-electron chi connectivity index (χ0n) is 15.1. The van der Waals surface area contributed by atoms with Crippen molar-refractivity contribution in [1.29, 1.82) is 0 Å². The highest BCUT2D eigenvalue weighted by atomic mass is 32.2. The number of anilines is 3. The summed E-state index contributed by atoms with van der Waals surface area (Å²) >= 11 is 1.46. The second kappa shape index (κ2) is 8.16. The van der Waals surface area contributed by atoms with Gasteiger partial charge in [-0.25, -0.2) is 0 Å². The van der Waals surface area contributed by atoms with Gasteiger partial charge in [-0.15, -0.1) is 11.8 Å². The van der Waals surface area contributed by atoms with E-state index in [4.69, 9.17) is 0 Å². The molecule has 1 aliphatic rings. The maximum absolute atomic E-state index is 13.0. The first kappa shape index (κ1) is 20.7. The highest BCUT2D eigenvalue weighted by Crippen LogP contribution is 2.35. The summed E-state index contributed by atoms with van der Waals surface area (Å²) < 4.78 is 39.1. The molecule has 0 saturated carbocycles. The van der Waals surface area contributed by atoms with E-state index in [0.29, 0.717) is 17.9 Å². The molecule has 0 aliphatic carbocycles. The Balaban J connectivity index is 1.91. The van der Waals surface area contributed by atoms with Gasteiger partial charge in [-0.1, -0.05) is 0 Å². The summed E-state index contributed by atoms with van der Waals surface area (Å²) in [7, 11) is 0. The number of benzene rings is 2. The number of amides is 3. The minimum Gasteiger partial charge on any atom is -0.325 e. The van der Waals surface area contributed by atoms with Gasteiger partial charge in [0.05, 0.1) is 22.6 Å². The number of nitrogens with one attached hydrogen (secondary N) is 3.